The minimum absolute atomic E-state index is 0.0869. The molecule has 0 aliphatic rings. The van der Waals surface area contributed by atoms with E-state index in [4.69, 9.17) is 0 Å². The van der Waals surface area contributed by atoms with Gasteiger partial charge in [0.1, 0.15) is 0 Å². The summed E-state index contributed by atoms with van der Waals surface area (Å²) in [5.74, 6) is 0. The first kappa shape index (κ1) is 8.68. The van der Waals surface area contributed by atoms with Crippen LogP contribution in [0.2, 0.25) is 0 Å². The van der Waals surface area contributed by atoms with Gasteiger partial charge in [-0.3, -0.25) is 15.2 Å². The molecule has 0 bridgehead atoms. The summed E-state index contributed by atoms with van der Waals surface area (Å²) in [5.41, 5.74) is 1.75. The summed E-state index contributed by atoms with van der Waals surface area (Å²) in [7, 11) is 0. The highest BCUT2D eigenvalue weighted by Gasteiger charge is 2.09. The number of hydrogen-bond acceptors (Lipinski definition) is 3. The third-order valence-electron chi connectivity index (χ3n) is 2.17. The predicted octanol–water partition coefficient (Wildman–Crippen LogP) is 2.03. The van der Waals surface area contributed by atoms with Crippen LogP contribution in [0.5, 0.6) is 0 Å². The van der Waals surface area contributed by atoms with E-state index >= 15 is 0 Å². The van der Waals surface area contributed by atoms with Gasteiger partial charge in [-0.1, -0.05) is 6.92 Å². The molecule has 1 aromatic carbocycles. The van der Waals surface area contributed by atoms with Gasteiger partial charge in [0.05, 0.1) is 16.1 Å². The lowest BCUT2D eigenvalue weighted by atomic mass is 10.1. The van der Waals surface area contributed by atoms with Crippen LogP contribution in [0.4, 0.5) is 5.69 Å². The van der Waals surface area contributed by atoms with Crippen LogP contribution in [0.3, 0.4) is 0 Å². The second kappa shape index (κ2) is 3.10. The number of fused-ring (bicyclic) bond motifs is 1. The Bertz CT molecular complexity index is 490. The van der Waals surface area contributed by atoms with Crippen molar-refractivity contribution in [3.63, 3.8) is 0 Å². The zero-order chi connectivity index (χ0) is 10.1. The maximum atomic E-state index is 10.5. The Labute approximate surface area is 79.9 Å². The Morgan fingerprint density at radius 1 is 1.57 bits per heavy atom. The number of hydrogen-bond donors (Lipinski definition) is 1. The summed E-state index contributed by atoms with van der Waals surface area (Å²) in [5, 5.41) is 18.3. The van der Waals surface area contributed by atoms with E-state index < -0.39 is 4.92 Å². The molecule has 1 aromatic heterocycles. The van der Waals surface area contributed by atoms with Gasteiger partial charge >= 0.3 is 0 Å². The van der Waals surface area contributed by atoms with Gasteiger partial charge in [-0.2, -0.15) is 5.10 Å². The van der Waals surface area contributed by atoms with Crippen LogP contribution < -0.4 is 0 Å². The average Bonchev–Trinajstić information content (AvgIpc) is 2.59. The van der Waals surface area contributed by atoms with Crippen molar-refractivity contribution in [2.24, 2.45) is 0 Å². The molecule has 0 spiro atoms. The van der Waals surface area contributed by atoms with Gasteiger partial charge < -0.3 is 0 Å². The van der Waals surface area contributed by atoms with Crippen LogP contribution in [-0.2, 0) is 6.42 Å². The summed E-state index contributed by atoms with van der Waals surface area (Å²) >= 11 is 0. The molecular weight excluding hydrogens is 182 g/mol. The second-order valence-electron chi connectivity index (χ2n) is 3.01. The van der Waals surface area contributed by atoms with E-state index in [-0.39, 0.29) is 5.69 Å². The Morgan fingerprint density at radius 2 is 2.36 bits per heavy atom. The topological polar surface area (TPSA) is 71.8 Å². The third kappa shape index (κ3) is 1.22. The van der Waals surface area contributed by atoms with Crippen molar-refractivity contribution in [2.45, 2.75) is 13.3 Å². The van der Waals surface area contributed by atoms with Crippen molar-refractivity contribution >= 4 is 16.6 Å². The van der Waals surface area contributed by atoms with E-state index in [9.17, 15) is 10.1 Å². The first-order chi connectivity index (χ1) is 6.72. The van der Waals surface area contributed by atoms with Crippen LogP contribution in [0, 0.1) is 10.1 Å². The molecule has 0 fully saturated rings. The molecule has 0 amide bonds. The summed E-state index contributed by atoms with van der Waals surface area (Å²) in [6, 6.07) is 4.73. The van der Waals surface area contributed by atoms with Crippen molar-refractivity contribution in [1.29, 1.82) is 0 Å². The molecule has 5 heteroatoms. The SMILES string of the molecule is CCc1n[nH]c2cc([N+](=O)[O-])ccc12. The first-order valence-electron chi connectivity index (χ1n) is 4.33. The molecule has 0 atom stereocenters. The summed E-state index contributed by atoms with van der Waals surface area (Å²) in [4.78, 5) is 10.1. The molecule has 1 heterocycles. The largest absolute Gasteiger partial charge is 0.277 e. The molecule has 0 aliphatic carbocycles. The van der Waals surface area contributed by atoms with Crippen LogP contribution in [0.25, 0.3) is 10.9 Å². The third-order valence-corrected chi connectivity index (χ3v) is 2.17. The van der Waals surface area contributed by atoms with E-state index in [1.807, 2.05) is 6.92 Å². The Kier molecular flexibility index (Phi) is 1.92. The number of rotatable bonds is 2. The number of nitrogens with one attached hydrogen (secondary N) is 1. The molecule has 0 unspecified atom stereocenters. The predicted molar refractivity (Wildman–Crippen MR) is 52.1 cm³/mol. The van der Waals surface area contributed by atoms with Crippen LogP contribution in [0.1, 0.15) is 12.6 Å². The number of nitrogens with zero attached hydrogens (tertiary/aromatic N) is 2. The molecule has 0 saturated heterocycles. The maximum Gasteiger partial charge on any atom is 0.271 e. The molecule has 0 radical (unpaired) electrons. The smallest absolute Gasteiger partial charge is 0.271 e. The number of benzene rings is 1. The van der Waals surface area contributed by atoms with Crippen molar-refractivity contribution in [1.82, 2.24) is 10.2 Å². The number of H-pyrrole nitrogens is 1. The minimum atomic E-state index is -0.411. The maximum absolute atomic E-state index is 10.5. The monoisotopic (exact) mass is 191 g/mol. The van der Waals surface area contributed by atoms with E-state index in [1.165, 1.54) is 12.1 Å². The fourth-order valence-corrected chi connectivity index (χ4v) is 1.45. The number of aromatic nitrogens is 2. The lowest BCUT2D eigenvalue weighted by Crippen LogP contribution is -1.86. The van der Waals surface area contributed by atoms with Crippen molar-refractivity contribution in [3.05, 3.63) is 34.0 Å². The molecule has 0 saturated carbocycles. The minimum Gasteiger partial charge on any atom is -0.277 e. The summed E-state index contributed by atoms with van der Waals surface area (Å²) in [6.07, 6.45) is 0.817. The molecule has 2 rings (SSSR count). The van der Waals surface area contributed by atoms with Crippen LogP contribution in [-0.4, -0.2) is 15.1 Å². The number of non-ortho nitro benzene ring substituents is 1. The van der Waals surface area contributed by atoms with E-state index in [2.05, 4.69) is 10.2 Å². The van der Waals surface area contributed by atoms with E-state index in [0.29, 0.717) is 0 Å². The fraction of sp³-hybridized carbons (Fsp3) is 0.222. The van der Waals surface area contributed by atoms with Crippen molar-refractivity contribution < 1.29 is 4.92 Å². The average molecular weight is 191 g/mol. The van der Waals surface area contributed by atoms with Crippen LogP contribution >= 0.6 is 0 Å². The van der Waals surface area contributed by atoms with Gasteiger partial charge in [-0.15, -0.1) is 0 Å². The van der Waals surface area contributed by atoms with Gasteiger partial charge in [0.25, 0.3) is 5.69 Å². The van der Waals surface area contributed by atoms with Gasteiger partial charge in [-0.05, 0) is 12.5 Å². The van der Waals surface area contributed by atoms with Crippen molar-refractivity contribution in [2.75, 3.05) is 0 Å². The highest BCUT2D eigenvalue weighted by molar-refractivity contribution is 5.83. The van der Waals surface area contributed by atoms with Gasteiger partial charge in [0.2, 0.25) is 0 Å². The fourth-order valence-electron chi connectivity index (χ4n) is 1.45. The lowest BCUT2D eigenvalue weighted by Gasteiger charge is -1.92. The summed E-state index contributed by atoms with van der Waals surface area (Å²) < 4.78 is 0. The first-order valence-corrected chi connectivity index (χ1v) is 4.33. The Morgan fingerprint density at radius 3 is 3.00 bits per heavy atom. The number of nitro benzene ring substituents is 1. The molecule has 5 nitrogen and oxygen atoms in total. The van der Waals surface area contributed by atoms with E-state index in [0.717, 1.165) is 23.0 Å². The lowest BCUT2D eigenvalue weighted by molar-refractivity contribution is -0.384. The summed E-state index contributed by atoms with van der Waals surface area (Å²) in [6.45, 7) is 2.00. The normalized spacial score (nSPS) is 10.6. The Balaban J connectivity index is 2.63. The zero-order valence-electron chi connectivity index (χ0n) is 7.65. The zero-order valence-corrected chi connectivity index (χ0v) is 7.65. The number of aryl methyl sites for hydroxylation is 1. The molecule has 1 N–H and O–H groups in total. The standard InChI is InChI=1S/C9H9N3O2/c1-2-8-7-4-3-6(12(13)14)5-9(7)11-10-8/h3-5H,2H2,1H3,(H,10,11). The molecule has 72 valence electrons. The molecule has 2 aromatic rings. The molecule has 14 heavy (non-hydrogen) atoms. The molecular formula is C9H9N3O2. The van der Waals surface area contributed by atoms with E-state index in [1.54, 1.807) is 6.07 Å². The second-order valence-corrected chi connectivity index (χ2v) is 3.01. The molecule has 0 aliphatic heterocycles. The quantitative estimate of drug-likeness (QED) is 0.583. The van der Waals surface area contributed by atoms with Gasteiger partial charge in [-0.25, -0.2) is 0 Å². The number of nitro groups is 1. The van der Waals surface area contributed by atoms with Gasteiger partial charge in [0, 0.05) is 17.5 Å². The highest BCUT2D eigenvalue weighted by atomic mass is 16.6. The Hall–Kier alpha value is -1.91. The van der Waals surface area contributed by atoms with Crippen molar-refractivity contribution in [3.8, 4) is 0 Å². The number of aromatic amines is 1. The van der Waals surface area contributed by atoms with Gasteiger partial charge in [0.15, 0.2) is 0 Å². The van der Waals surface area contributed by atoms with Crippen LogP contribution in [0.15, 0.2) is 18.2 Å². The highest BCUT2D eigenvalue weighted by Crippen LogP contribution is 2.21.